The van der Waals surface area contributed by atoms with E-state index >= 15 is 0 Å². The summed E-state index contributed by atoms with van der Waals surface area (Å²) in [4.78, 5) is 12.8. The van der Waals surface area contributed by atoms with Crippen LogP contribution in [0.3, 0.4) is 0 Å². The SMILES string of the molecule is CCN(CC)CCn1nnc(C(=O)O)c1C(F)F. The average molecular weight is 262 g/mol. The van der Waals surface area contributed by atoms with E-state index in [0.29, 0.717) is 6.54 Å². The quantitative estimate of drug-likeness (QED) is 0.800. The highest BCUT2D eigenvalue weighted by Crippen LogP contribution is 2.21. The number of alkyl halides is 2. The summed E-state index contributed by atoms with van der Waals surface area (Å²) in [6, 6.07) is 0. The molecule has 8 heteroatoms. The van der Waals surface area contributed by atoms with Gasteiger partial charge in [-0.3, -0.25) is 0 Å². The number of halogens is 2. The van der Waals surface area contributed by atoms with E-state index in [4.69, 9.17) is 5.11 Å². The first-order chi connectivity index (χ1) is 8.51. The van der Waals surface area contributed by atoms with E-state index in [0.717, 1.165) is 17.8 Å². The maximum atomic E-state index is 12.8. The summed E-state index contributed by atoms with van der Waals surface area (Å²) in [5.41, 5.74) is -1.31. The molecule has 6 nitrogen and oxygen atoms in total. The van der Waals surface area contributed by atoms with E-state index in [-0.39, 0.29) is 6.54 Å². The molecule has 1 heterocycles. The van der Waals surface area contributed by atoms with Crippen LogP contribution in [0.1, 0.15) is 36.5 Å². The van der Waals surface area contributed by atoms with E-state index in [1.165, 1.54) is 0 Å². The zero-order valence-corrected chi connectivity index (χ0v) is 10.3. The number of hydrogen-bond acceptors (Lipinski definition) is 4. The van der Waals surface area contributed by atoms with Gasteiger partial charge >= 0.3 is 5.97 Å². The fraction of sp³-hybridized carbons (Fsp3) is 0.700. The van der Waals surface area contributed by atoms with Crippen LogP contribution in [0.15, 0.2) is 0 Å². The van der Waals surface area contributed by atoms with E-state index in [9.17, 15) is 13.6 Å². The third kappa shape index (κ3) is 3.22. The van der Waals surface area contributed by atoms with Gasteiger partial charge in [0.1, 0.15) is 5.69 Å². The van der Waals surface area contributed by atoms with Crippen molar-refractivity contribution in [3.8, 4) is 0 Å². The molecule has 0 radical (unpaired) electrons. The molecule has 0 aromatic carbocycles. The van der Waals surface area contributed by atoms with Gasteiger partial charge in [-0.25, -0.2) is 18.3 Å². The van der Waals surface area contributed by atoms with Crippen molar-refractivity contribution in [2.45, 2.75) is 26.8 Å². The molecule has 0 aliphatic carbocycles. The van der Waals surface area contributed by atoms with E-state index in [1.807, 2.05) is 18.7 Å². The predicted molar refractivity (Wildman–Crippen MR) is 59.7 cm³/mol. The number of likely N-dealkylation sites (N-methyl/N-ethyl adjacent to an activating group) is 1. The molecule has 0 aliphatic rings. The van der Waals surface area contributed by atoms with Crippen LogP contribution in [0.5, 0.6) is 0 Å². The zero-order chi connectivity index (χ0) is 13.7. The lowest BCUT2D eigenvalue weighted by molar-refractivity contribution is 0.0675. The van der Waals surface area contributed by atoms with Gasteiger partial charge in [0.05, 0.1) is 6.54 Å². The van der Waals surface area contributed by atoms with Crippen molar-refractivity contribution in [3.05, 3.63) is 11.4 Å². The van der Waals surface area contributed by atoms with Crippen LogP contribution in [-0.2, 0) is 6.54 Å². The van der Waals surface area contributed by atoms with Gasteiger partial charge in [0.25, 0.3) is 6.43 Å². The Kier molecular flexibility index (Phi) is 5.14. The summed E-state index contributed by atoms with van der Waals surface area (Å²) >= 11 is 0. The number of aromatic carboxylic acids is 1. The Bertz CT molecular complexity index is 405. The Morgan fingerprint density at radius 2 is 2.06 bits per heavy atom. The molecule has 0 saturated heterocycles. The number of aromatic nitrogens is 3. The summed E-state index contributed by atoms with van der Waals surface area (Å²) in [7, 11) is 0. The third-order valence-corrected chi connectivity index (χ3v) is 2.71. The van der Waals surface area contributed by atoms with E-state index in [1.54, 1.807) is 0 Å². The normalized spacial score (nSPS) is 11.4. The molecule has 0 bridgehead atoms. The molecule has 0 spiro atoms. The molecule has 1 N–H and O–H groups in total. The molecule has 102 valence electrons. The predicted octanol–water partition coefficient (Wildman–Crippen LogP) is 1.26. The molecule has 0 atom stereocenters. The largest absolute Gasteiger partial charge is 0.476 e. The highest BCUT2D eigenvalue weighted by Gasteiger charge is 2.26. The summed E-state index contributed by atoms with van der Waals surface area (Å²) < 4.78 is 26.5. The lowest BCUT2D eigenvalue weighted by atomic mass is 10.3. The van der Waals surface area contributed by atoms with Crippen molar-refractivity contribution < 1.29 is 18.7 Å². The van der Waals surface area contributed by atoms with Gasteiger partial charge in [0.15, 0.2) is 5.69 Å². The smallest absolute Gasteiger partial charge is 0.358 e. The molecular weight excluding hydrogens is 246 g/mol. The van der Waals surface area contributed by atoms with Crippen LogP contribution in [0.4, 0.5) is 8.78 Å². The highest BCUT2D eigenvalue weighted by molar-refractivity contribution is 5.86. The van der Waals surface area contributed by atoms with Crippen LogP contribution >= 0.6 is 0 Å². The maximum Gasteiger partial charge on any atom is 0.358 e. The van der Waals surface area contributed by atoms with Crippen molar-refractivity contribution in [1.82, 2.24) is 19.9 Å². The first-order valence-electron chi connectivity index (χ1n) is 5.68. The number of carboxylic acids is 1. The first kappa shape index (κ1) is 14.5. The minimum Gasteiger partial charge on any atom is -0.476 e. The van der Waals surface area contributed by atoms with Crippen LogP contribution in [0.25, 0.3) is 0 Å². The molecule has 0 saturated carbocycles. The monoisotopic (exact) mass is 262 g/mol. The standard InChI is InChI=1S/C10H16F2N4O2/c1-3-15(4-2)5-6-16-8(9(11)12)7(10(17)18)13-14-16/h9H,3-6H2,1-2H3,(H,17,18). The van der Waals surface area contributed by atoms with Crippen molar-refractivity contribution in [2.24, 2.45) is 0 Å². The van der Waals surface area contributed by atoms with Crippen LogP contribution in [0.2, 0.25) is 0 Å². The number of carbonyl (C=O) groups is 1. The van der Waals surface area contributed by atoms with E-state index < -0.39 is 23.8 Å². The van der Waals surface area contributed by atoms with Crippen LogP contribution in [-0.4, -0.2) is 50.6 Å². The summed E-state index contributed by atoms with van der Waals surface area (Å²) in [5.74, 6) is -1.49. The number of carboxylic acid groups (broad SMARTS) is 1. The Morgan fingerprint density at radius 1 is 1.44 bits per heavy atom. The molecule has 0 aliphatic heterocycles. The highest BCUT2D eigenvalue weighted by atomic mass is 19.3. The number of rotatable bonds is 7. The van der Waals surface area contributed by atoms with E-state index in [2.05, 4.69) is 10.3 Å². The second-order valence-corrected chi connectivity index (χ2v) is 3.68. The Hall–Kier alpha value is -1.57. The van der Waals surface area contributed by atoms with Gasteiger partial charge in [-0.2, -0.15) is 0 Å². The maximum absolute atomic E-state index is 12.8. The molecule has 1 aromatic rings. The van der Waals surface area contributed by atoms with Gasteiger partial charge in [-0.05, 0) is 13.1 Å². The second-order valence-electron chi connectivity index (χ2n) is 3.68. The van der Waals surface area contributed by atoms with Crippen molar-refractivity contribution in [2.75, 3.05) is 19.6 Å². The van der Waals surface area contributed by atoms with Crippen molar-refractivity contribution in [3.63, 3.8) is 0 Å². The molecule has 0 amide bonds. The van der Waals surface area contributed by atoms with Crippen LogP contribution < -0.4 is 0 Å². The van der Waals surface area contributed by atoms with Gasteiger partial charge < -0.3 is 10.0 Å². The first-order valence-corrected chi connectivity index (χ1v) is 5.68. The van der Waals surface area contributed by atoms with Crippen molar-refractivity contribution >= 4 is 5.97 Å². The van der Waals surface area contributed by atoms with Gasteiger partial charge in [-0.1, -0.05) is 19.1 Å². The second kappa shape index (κ2) is 6.39. The fourth-order valence-electron chi connectivity index (χ4n) is 1.63. The van der Waals surface area contributed by atoms with Crippen LogP contribution in [0, 0.1) is 0 Å². The molecule has 18 heavy (non-hydrogen) atoms. The van der Waals surface area contributed by atoms with Gasteiger partial charge in [-0.15, -0.1) is 5.10 Å². The molecule has 1 aromatic heterocycles. The molecule has 0 fully saturated rings. The van der Waals surface area contributed by atoms with Crippen molar-refractivity contribution in [1.29, 1.82) is 0 Å². The Balaban J connectivity index is 2.86. The lowest BCUT2D eigenvalue weighted by Crippen LogP contribution is -2.28. The summed E-state index contributed by atoms with van der Waals surface area (Å²) in [6.45, 7) is 6.22. The third-order valence-electron chi connectivity index (χ3n) is 2.71. The summed E-state index contributed by atoms with van der Waals surface area (Å²) in [6.07, 6.45) is -2.90. The molecule has 0 unspecified atom stereocenters. The minimum absolute atomic E-state index is 0.196. The topological polar surface area (TPSA) is 71.2 Å². The Labute approximate surface area is 103 Å². The number of hydrogen-bond donors (Lipinski definition) is 1. The minimum atomic E-state index is -2.90. The lowest BCUT2D eigenvalue weighted by Gasteiger charge is -2.18. The Morgan fingerprint density at radius 3 is 2.50 bits per heavy atom. The number of nitrogens with zero attached hydrogens (tertiary/aromatic N) is 4. The average Bonchev–Trinajstić information content (AvgIpc) is 2.74. The zero-order valence-electron chi connectivity index (χ0n) is 10.3. The fourth-order valence-corrected chi connectivity index (χ4v) is 1.63. The summed E-state index contributed by atoms with van der Waals surface area (Å²) in [5, 5.41) is 15.5. The van der Waals surface area contributed by atoms with Gasteiger partial charge in [0, 0.05) is 6.54 Å². The molecular formula is C10H16F2N4O2. The molecule has 1 rings (SSSR count). The van der Waals surface area contributed by atoms with Gasteiger partial charge in [0.2, 0.25) is 0 Å².